The summed E-state index contributed by atoms with van der Waals surface area (Å²) >= 11 is 0. The van der Waals surface area contributed by atoms with Gasteiger partial charge in [0.15, 0.2) is 0 Å². The molecule has 0 rings (SSSR count). The van der Waals surface area contributed by atoms with Crippen LogP contribution in [-0.2, 0) is 0 Å². The summed E-state index contributed by atoms with van der Waals surface area (Å²) in [5.74, 6) is 2.60. The lowest BCUT2D eigenvalue weighted by molar-refractivity contribution is 1.21. The molecule has 54 valence electrons. The molecule has 0 aliphatic rings. The largest absolute Gasteiger partial charge is 0.115 e. The first-order chi connectivity index (χ1) is 4.72. The van der Waals surface area contributed by atoms with Crippen LogP contribution in [0.1, 0.15) is 27.2 Å². The molecule has 0 heterocycles. The summed E-state index contributed by atoms with van der Waals surface area (Å²) < 4.78 is 0. The Labute approximate surface area is 63.6 Å². The maximum Gasteiger partial charge on any atom is 0.00156 e. The molecule has 10 heavy (non-hydrogen) atoms. The molecule has 0 aromatic carbocycles. The Hall–Kier alpha value is -0.960. The second-order valence-electron chi connectivity index (χ2n) is 2.26. The molecule has 0 aromatic rings. The number of rotatable bonds is 2. The molecule has 0 saturated carbocycles. The fourth-order valence-corrected chi connectivity index (χ4v) is 0.533. The van der Waals surface area contributed by atoms with Crippen molar-refractivity contribution in [2.45, 2.75) is 27.2 Å². The van der Waals surface area contributed by atoms with Gasteiger partial charge in [-0.3, -0.25) is 0 Å². The smallest absolute Gasteiger partial charge is 0.00156 e. The van der Waals surface area contributed by atoms with Crippen molar-refractivity contribution < 1.29 is 0 Å². The molecule has 0 heteroatoms. The van der Waals surface area contributed by atoms with Crippen LogP contribution in [0, 0.1) is 12.3 Å². The molecular weight excluding hydrogens is 120 g/mol. The molecule has 0 amide bonds. The zero-order chi connectivity index (χ0) is 7.98. The first-order valence-electron chi connectivity index (χ1n) is 3.53. The molecule has 0 bridgehead atoms. The lowest BCUT2D eigenvalue weighted by Gasteiger charge is -1.92. The van der Waals surface area contributed by atoms with Crippen LogP contribution in [0.5, 0.6) is 0 Å². The Morgan fingerprint density at radius 2 is 2.10 bits per heavy atom. The Balaban J connectivity index is 4.22. The van der Waals surface area contributed by atoms with Gasteiger partial charge in [-0.25, -0.2) is 0 Å². The van der Waals surface area contributed by atoms with Crippen molar-refractivity contribution in [3.05, 3.63) is 23.3 Å². The van der Waals surface area contributed by atoms with Gasteiger partial charge in [-0.15, -0.1) is 6.42 Å². The Morgan fingerprint density at radius 3 is 2.50 bits per heavy atom. The van der Waals surface area contributed by atoms with Gasteiger partial charge >= 0.3 is 0 Å². The lowest BCUT2D eigenvalue weighted by atomic mass is 10.1. The van der Waals surface area contributed by atoms with E-state index in [-0.39, 0.29) is 0 Å². The standard InChI is InChI=1S/C10H14/c1-5-7-8-10(4)9(3)6-2/h2,7-8H,5H2,1,3-4H3/b8-7-,10-9+. The van der Waals surface area contributed by atoms with E-state index in [1.807, 2.05) is 13.8 Å². The van der Waals surface area contributed by atoms with Crippen molar-refractivity contribution in [1.82, 2.24) is 0 Å². The van der Waals surface area contributed by atoms with E-state index in [2.05, 4.69) is 25.0 Å². The van der Waals surface area contributed by atoms with Crippen LogP contribution in [0.4, 0.5) is 0 Å². The zero-order valence-electron chi connectivity index (χ0n) is 6.94. The maximum atomic E-state index is 5.20. The monoisotopic (exact) mass is 134 g/mol. The highest BCUT2D eigenvalue weighted by Crippen LogP contribution is 2.03. The van der Waals surface area contributed by atoms with Crippen molar-refractivity contribution >= 4 is 0 Å². The molecule has 0 unspecified atom stereocenters. The van der Waals surface area contributed by atoms with E-state index in [4.69, 9.17) is 6.42 Å². The van der Waals surface area contributed by atoms with Crippen molar-refractivity contribution in [2.75, 3.05) is 0 Å². The van der Waals surface area contributed by atoms with Crippen molar-refractivity contribution in [3.8, 4) is 12.3 Å². The van der Waals surface area contributed by atoms with Gasteiger partial charge < -0.3 is 0 Å². The third-order valence-corrected chi connectivity index (χ3v) is 1.41. The predicted molar refractivity (Wildman–Crippen MR) is 46.6 cm³/mol. The van der Waals surface area contributed by atoms with Crippen LogP contribution in [0.2, 0.25) is 0 Å². The van der Waals surface area contributed by atoms with Crippen LogP contribution < -0.4 is 0 Å². The number of hydrogen-bond acceptors (Lipinski definition) is 0. The second-order valence-corrected chi connectivity index (χ2v) is 2.26. The minimum absolute atomic E-state index is 1.02. The number of terminal acetylenes is 1. The summed E-state index contributed by atoms with van der Waals surface area (Å²) in [6.45, 7) is 6.09. The molecule has 0 saturated heterocycles. The highest BCUT2D eigenvalue weighted by Gasteiger charge is 1.85. The van der Waals surface area contributed by atoms with Gasteiger partial charge in [0.2, 0.25) is 0 Å². The Bertz CT molecular complexity index is 187. The SMILES string of the molecule is C#C/C(C)=C(C)/C=C\CC. The number of allylic oxidation sites excluding steroid dienone is 4. The Morgan fingerprint density at radius 1 is 1.50 bits per heavy atom. The van der Waals surface area contributed by atoms with E-state index in [1.54, 1.807) is 0 Å². The van der Waals surface area contributed by atoms with E-state index >= 15 is 0 Å². The average Bonchev–Trinajstić information content (AvgIpc) is 1.98. The van der Waals surface area contributed by atoms with Crippen molar-refractivity contribution in [3.63, 3.8) is 0 Å². The van der Waals surface area contributed by atoms with Crippen LogP contribution in [-0.4, -0.2) is 0 Å². The summed E-state index contributed by atoms with van der Waals surface area (Å²) in [6.07, 6.45) is 10.4. The molecule has 0 nitrogen and oxygen atoms in total. The molecule has 0 atom stereocenters. The van der Waals surface area contributed by atoms with Gasteiger partial charge in [-0.1, -0.05) is 25.0 Å². The average molecular weight is 134 g/mol. The molecule has 0 radical (unpaired) electrons. The predicted octanol–water partition coefficient (Wildman–Crippen LogP) is 2.92. The maximum absolute atomic E-state index is 5.20. The topological polar surface area (TPSA) is 0 Å². The first kappa shape index (κ1) is 9.04. The summed E-state index contributed by atoms with van der Waals surface area (Å²) in [4.78, 5) is 0. The second kappa shape index (κ2) is 4.88. The zero-order valence-corrected chi connectivity index (χ0v) is 6.94. The van der Waals surface area contributed by atoms with Gasteiger partial charge in [0, 0.05) is 5.57 Å². The molecule has 0 N–H and O–H groups in total. The third kappa shape index (κ3) is 3.14. The first-order valence-corrected chi connectivity index (χ1v) is 3.53. The highest BCUT2D eigenvalue weighted by molar-refractivity contribution is 5.34. The highest BCUT2D eigenvalue weighted by atomic mass is 13.9. The van der Waals surface area contributed by atoms with Crippen LogP contribution >= 0.6 is 0 Å². The van der Waals surface area contributed by atoms with Crippen LogP contribution in [0.25, 0.3) is 0 Å². The minimum Gasteiger partial charge on any atom is -0.115 e. The van der Waals surface area contributed by atoms with Gasteiger partial charge in [-0.05, 0) is 25.8 Å². The van der Waals surface area contributed by atoms with Crippen molar-refractivity contribution in [1.29, 1.82) is 0 Å². The fraction of sp³-hybridized carbons (Fsp3) is 0.400. The molecular formula is C10H14. The lowest BCUT2D eigenvalue weighted by Crippen LogP contribution is -1.74. The molecule has 0 fully saturated rings. The molecule has 0 aliphatic carbocycles. The van der Waals surface area contributed by atoms with E-state index in [9.17, 15) is 0 Å². The van der Waals surface area contributed by atoms with Gasteiger partial charge in [0.25, 0.3) is 0 Å². The quantitative estimate of drug-likeness (QED) is 0.402. The molecule has 0 spiro atoms. The summed E-state index contributed by atoms with van der Waals surface area (Å²) in [5, 5.41) is 0. The van der Waals surface area contributed by atoms with Gasteiger partial charge in [0.05, 0.1) is 0 Å². The summed E-state index contributed by atoms with van der Waals surface area (Å²) in [5.41, 5.74) is 2.20. The van der Waals surface area contributed by atoms with Gasteiger partial charge in [-0.2, -0.15) is 0 Å². The van der Waals surface area contributed by atoms with E-state index in [1.165, 1.54) is 5.57 Å². The normalized spacial score (nSPS) is 13.0. The molecule has 0 aromatic heterocycles. The van der Waals surface area contributed by atoms with E-state index in [0.717, 1.165) is 12.0 Å². The third-order valence-electron chi connectivity index (χ3n) is 1.41. The van der Waals surface area contributed by atoms with E-state index in [0.29, 0.717) is 0 Å². The van der Waals surface area contributed by atoms with Crippen LogP contribution in [0.15, 0.2) is 23.3 Å². The molecule has 0 aliphatic heterocycles. The van der Waals surface area contributed by atoms with Crippen molar-refractivity contribution in [2.24, 2.45) is 0 Å². The van der Waals surface area contributed by atoms with E-state index < -0.39 is 0 Å². The van der Waals surface area contributed by atoms with Gasteiger partial charge in [0.1, 0.15) is 0 Å². The van der Waals surface area contributed by atoms with Crippen LogP contribution in [0.3, 0.4) is 0 Å². The summed E-state index contributed by atoms with van der Waals surface area (Å²) in [6, 6.07) is 0. The minimum atomic E-state index is 1.02. The summed E-state index contributed by atoms with van der Waals surface area (Å²) in [7, 11) is 0. The Kier molecular flexibility index (Phi) is 4.41. The number of hydrogen-bond donors (Lipinski definition) is 0. The fourth-order valence-electron chi connectivity index (χ4n) is 0.533.